The van der Waals surface area contributed by atoms with Gasteiger partial charge in [-0.3, -0.25) is 4.79 Å². The Bertz CT molecular complexity index is 191. The largest absolute Gasteiger partial charge is 0.381 e. The maximum absolute atomic E-state index is 11.6. The minimum Gasteiger partial charge on any atom is -0.381 e. The fourth-order valence-electron chi connectivity index (χ4n) is 1.86. The first-order chi connectivity index (χ1) is 7.24. The number of ether oxygens (including phenoxy) is 1. The zero-order valence-corrected chi connectivity index (χ0v) is 9.58. The van der Waals surface area contributed by atoms with Gasteiger partial charge in [0.25, 0.3) is 0 Å². The van der Waals surface area contributed by atoms with E-state index in [9.17, 15) is 4.79 Å². The van der Waals surface area contributed by atoms with Gasteiger partial charge in [0, 0.05) is 33.2 Å². The maximum atomic E-state index is 11.6. The average Bonchev–Trinajstić information content (AvgIpc) is 2.27. The minimum atomic E-state index is 0.215. The predicted molar refractivity (Wildman–Crippen MR) is 59.5 cm³/mol. The molecule has 1 fully saturated rings. The highest BCUT2D eigenvalue weighted by atomic mass is 16.5. The normalized spacial score (nSPS) is 17.7. The van der Waals surface area contributed by atoms with E-state index in [0.29, 0.717) is 18.9 Å². The summed E-state index contributed by atoms with van der Waals surface area (Å²) in [6.45, 7) is 3.15. The van der Waals surface area contributed by atoms with E-state index in [4.69, 9.17) is 10.5 Å². The summed E-state index contributed by atoms with van der Waals surface area (Å²) in [5, 5.41) is 0. The quantitative estimate of drug-likeness (QED) is 0.729. The molecule has 4 heteroatoms. The summed E-state index contributed by atoms with van der Waals surface area (Å²) < 4.78 is 5.29. The summed E-state index contributed by atoms with van der Waals surface area (Å²) >= 11 is 0. The lowest BCUT2D eigenvalue weighted by Gasteiger charge is -2.27. The van der Waals surface area contributed by atoms with Crippen LogP contribution in [-0.4, -0.2) is 44.2 Å². The standard InChI is InChI=1S/C11H22N2O2/c1-13(11(14)3-2-6-12)9-10-4-7-15-8-5-10/h10H,2-9,12H2,1H3. The summed E-state index contributed by atoms with van der Waals surface area (Å²) in [5.74, 6) is 0.831. The number of carbonyl (C=O) groups excluding carboxylic acids is 1. The van der Waals surface area contributed by atoms with Crippen molar-refractivity contribution in [3.05, 3.63) is 0 Å². The van der Waals surface area contributed by atoms with Gasteiger partial charge in [0.1, 0.15) is 0 Å². The molecule has 1 aliphatic heterocycles. The lowest BCUT2D eigenvalue weighted by molar-refractivity contribution is -0.130. The summed E-state index contributed by atoms with van der Waals surface area (Å²) in [7, 11) is 1.88. The molecule has 1 amide bonds. The predicted octanol–water partition coefficient (Wildman–Crippen LogP) is 0.610. The van der Waals surface area contributed by atoms with Crippen molar-refractivity contribution < 1.29 is 9.53 Å². The third-order valence-corrected chi connectivity index (χ3v) is 2.89. The molecule has 0 unspecified atom stereocenters. The molecule has 15 heavy (non-hydrogen) atoms. The first-order valence-corrected chi connectivity index (χ1v) is 5.76. The first kappa shape index (κ1) is 12.5. The van der Waals surface area contributed by atoms with Crippen molar-refractivity contribution in [3.8, 4) is 0 Å². The molecule has 0 aliphatic carbocycles. The molecule has 0 spiro atoms. The molecule has 1 aliphatic rings. The highest BCUT2D eigenvalue weighted by Gasteiger charge is 2.17. The average molecular weight is 214 g/mol. The number of nitrogens with zero attached hydrogens (tertiary/aromatic N) is 1. The lowest BCUT2D eigenvalue weighted by atomic mass is 10.00. The molecular formula is C11H22N2O2. The zero-order valence-electron chi connectivity index (χ0n) is 9.58. The number of hydrogen-bond donors (Lipinski definition) is 1. The van der Waals surface area contributed by atoms with Gasteiger partial charge in [-0.15, -0.1) is 0 Å². The van der Waals surface area contributed by atoms with E-state index in [1.54, 1.807) is 0 Å². The van der Waals surface area contributed by atoms with Gasteiger partial charge in [-0.1, -0.05) is 0 Å². The summed E-state index contributed by atoms with van der Waals surface area (Å²) in [4.78, 5) is 13.5. The van der Waals surface area contributed by atoms with Crippen molar-refractivity contribution in [1.82, 2.24) is 4.90 Å². The second-order valence-corrected chi connectivity index (χ2v) is 4.22. The van der Waals surface area contributed by atoms with Crippen LogP contribution in [0.3, 0.4) is 0 Å². The van der Waals surface area contributed by atoms with Gasteiger partial charge >= 0.3 is 0 Å². The van der Waals surface area contributed by atoms with Crippen LogP contribution >= 0.6 is 0 Å². The van der Waals surface area contributed by atoms with E-state index in [-0.39, 0.29) is 5.91 Å². The fraction of sp³-hybridized carbons (Fsp3) is 0.909. The first-order valence-electron chi connectivity index (χ1n) is 5.76. The van der Waals surface area contributed by atoms with Crippen molar-refractivity contribution in [2.75, 3.05) is 33.4 Å². The summed E-state index contributed by atoms with van der Waals surface area (Å²) in [5.41, 5.74) is 5.37. The highest BCUT2D eigenvalue weighted by molar-refractivity contribution is 5.75. The SMILES string of the molecule is CN(CC1CCOCC1)C(=O)CCCN. The molecule has 0 saturated carbocycles. The monoisotopic (exact) mass is 214 g/mol. The fourth-order valence-corrected chi connectivity index (χ4v) is 1.86. The Balaban J connectivity index is 2.20. The van der Waals surface area contributed by atoms with Gasteiger partial charge < -0.3 is 15.4 Å². The summed E-state index contributed by atoms with van der Waals surface area (Å²) in [6, 6.07) is 0. The molecule has 1 saturated heterocycles. The molecule has 88 valence electrons. The number of carbonyl (C=O) groups is 1. The van der Waals surface area contributed by atoms with E-state index in [2.05, 4.69) is 0 Å². The zero-order chi connectivity index (χ0) is 11.1. The van der Waals surface area contributed by atoms with Crippen LogP contribution in [-0.2, 0) is 9.53 Å². The third kappa shape index (κ3) is 4.62. The van der Waals surface area contributed by atoms with Crippen LogP contribution in [0.4, 0.5) is 0 Å². The van der Waals surface area contributed by atoms with Crippen LogP contribution in [0.5, 0.6) is 0 Å². The van der Waals surface area contributed by atoms with Crippen LogP contribution in [0, 0.1) is 5.92 Å². The number of rotatable bonds is 5. The van der Waals surface area contributed by atoms with Crippen LogP contribution in [0.15, 0.2) is 0 Å². The molecule has 0 atom stereocenters. The van der Waals surface area contributed by atoms with Gasteiger partial charge in [0.05, 0.1) is 0 Å². The molecule has 0 radical (unpaired) electrons. The van der Waals surface area contributed by atoms with Crippen molar-refractivity contribution in [1.29, 1.82) is 0 Å². The Morgan fingerprint density at radius 2 is 2.13 bits per heavy atom. The Morgan fingerprint density at radius 1 is 1.47 bits per heavy atom. The molecule has 0 aromatic rings. The van der Waals surface area contributed by atoms with E-state index in [1.165, 1.54) is 0 Å². The molecule has 1 rings (SSSR count). The van der Waals surface area contributed by atoms with Crippen molar-refractivity contribution in [3.63, 3.8) is 0 Å². The van der Waals surface area contributed by atoms with Gasteiger partial charge in [-0.2, -0.15) is 0 Å². The molecule has 0 bridgehead atoms. The van der Waals surface area contributed by atoms with Crippen molar-refractivity contribution in [2.45, 2.75) is 25.7 Å². The Labute approximate surface area is 91.8 Å². The van der Waals surface area contributed by atoms with Crippen molar-refractivity contribution >= 4 is 5.91 Å². The third-order valence-electron chi connectivity index (χ3n) is 2.89. The molecular weight excluding hydrogens is 192 g/mol. The van der Waals surface area contributed by atoms with Gasteiger partial charge in [-0.25, -0.2) is 0 Å². The number of amides is 1. The van der Waals surface area contributed by atoms with Crippen LogP contribution in [0.1, 0.15) is 25.7 Å². The van der Waals surface area contributed by atoms with E-state index in [1.807, 2.05) is 11.9 Å². The van der Waals surface area contributed by atoms with Crippen LogP contribution in [0.2, 0.25) is 0 Å². The highest BCUT2D eigenvalue weighted by Crippen LogP contribution is 2.15. The molecule has 4 nitrogen and oxygen atoms in total. The van der Waals surface area contributed by atoms with E-state index < -0.39 is 0 Å². The topological polar surface area (TPSA) is 55.6 Å². The molecule has 0 aromatic heterocycles. The minimum absolute atomic E-state index is 0.215. The van der Waals surface area contributed by atoms with Gasteiger partial charge in [0.2, 0.25) is 5.91 Å². The van der Waals surface area contributed by atoms with Crippen LogP contribution < -0.4 is 5.73 Å². The van der Waals surface area contributed by atoms with Gasteiger partial charge in [-0.05, 0) is 31.7 Å². The molecule has 0 aromatic carbocycles. The maximum Gasteiger partial charge on any atom is 0.222 e. The van der Waals surface area contributed by atoms with Gasteiger partial charge in [0.15, 0.2) is 0 Å². The Hall–Kier alpha value is -0.610. The molecule has 1 heterocycles. The second kappa shape index (κ2) is 6.80. The lowest BCUT2D eigenvalue weighted by Crippen LogP contribution is -2.34. The smallest absolute Gasteiger partial charge is 0.222 e. The second-order valence-electron chi connectivity index (χ2n) is 4.22. The summed E-state index contributed by atoms with van der Waals surface area (Å²) in [6.07, 6.45) is 3.52. The molecule has 2 N–H and O–H groups in total. The van der Waals surface area contributed by atoms with Crippen LogP contribution in [0.25, 0.3) is 0 Å². The Morgan fingerprint density at radius 3 is 2.73 bits per heavy atom. The number of nitrogens with two attached hydrogens (primary N) is 1. The Kier molecular flexibility index (Phi) is 5.65. The van der Waals surface area contributed by atoms with E-state index in [0.717, 1.165) is 39.0 Å². The van der Waals surface area contributed by atoms with Crippen molar-refractivity contribution in [2.24, 2.45) is 11.7 Å². The van der Waals surface area contributed by atoms with E-state index >= 15 is 0 Å². The number of hydrogen-bond acceptors (Lipinski definition) is 3.